The van der Waals surface area contributed by atoms with Crippen molar-refractivity contribution in [2.45, 2.75) is 25.3 Å². The third-order valence-corrected chi connectivity index (χ3v) is 3.93. The van der Waals surface area contributed by atoms with Crippen molar-refractivity contribution in [1.29, 1.82) is 0 Å². The number of imidazole rings is 1. The summed E-state index contributed by atoms with van der Waals surface area (Å²) in [7, 11) is 0. The van der Waals surface area contributed by atoms with Gasteiger partial charge in [-0.05, 0) is 42.7 Å². The third-order valence-electron chi connectivity index (χ3n) is 3.93. The zero-order chi connectivity index (χ0) is 15.8. The molecule has 1 amide bonds. The van der Waals surface area contributed by atoms with Crippen LogP contribution in [0.1, 0.15) is 40.5 Å². The highest BCUT2D eigenvalue weighted by atomic mass is 19.1. The second-order valence-electron chi connectivity index (χ2n) is 5.77. The second-order valence-corrected chi connectivity index (χ2v) is 5.77. The van der Waals surface area contributed by atoms with E-state index >= 15 is 0 Å². The van der Waals surface area contributed by atoms with E-state index in [4.69, 9.17) is 0 Å². The first-order valence-electron chi connectivity index (χ1n) is 7.58. The third kappa shape index (κ3) is 2.92. The smallest absolute Gasteiger partial charge is 0.272 e. The maximum atomic E-state index is 12.9. The highest BCUT2D eigenvalue weighted by molar-refractivity contribution is 5.92. The first-order chi connectivity index (χ1) is 11.2. The van der Waals surface area contributed by atoms with Gasteiger partial charge in [-0.25, -0.2) is 13.9 Å². The molecular weight excluding hydrogens is 295 g/mol. The lowest BCUT2D eigenvalue weighted by Crippen LogP contribution is -2.24. The van der Waals surface area contributed by atoms with Crippen LogP contribution in [0.5, 0.6) is 0 Å². The fourth-order valence-corrected chi connectivity index (χ4v) is 2.47. The van der Waals surface area contributed by atoms with Gasteiger partial charge in [0.2, 0.25) is 0 Å². The molecule has 1 saturated carbocycles. The van der Waals surface area contributed by atoms with E-state index in [1.807, 2.05) is 6.20 Å². The van der Waals surface area contributed by atoms with Gasteiger partial charge in [0.1, 0.15) is 11.5 Å². The van der Waals surface area contributed by atoms with E-state index in [1.54, 1.807) is 28.8 Å². The van der Waals surface area contributed by atoms with Crippen molar-refractivity contribution in [2.24, 2.45) is 0 Å². The Kier molecular flexibility index (Phi) is 3.29. The number of hydrogen-bond acceptors (Lipinski definition) is 3. The molecule has 116 valence electrons. The molecule has 4 rings (SSSR count). The summed E-state index contributed by atoms with van der Waals surface area (Å²) >= 11 is 0. The van der Waals surface area contributed by atoms with E-state index in [0.29, 0.717) is 18.2 Å². The number of hydrogen-bond donors (Lipinski definition) is 1. The lowest BCUT2D eigenvalue weighted by molar-refractivity contribution is 0.0944. The molecule has 1 aliphatic rings. The zero-order valence-corrected chi connectivity index (χ0v) is 12.4. The molecule has 6 heteroatoms. The molecule has 2 heterocycles. The van der Waals surface area contributed by atoms with E-state index < -0.39 is 0 Å². The Hall–Kier alpha value is -2.76. The second kappa shape index (κ2) is 5.46. The van der Waals surface area contributed by atoms with Crippen molar-refractivity contribution >= 4 is 11.6 Å². The molecule has 1 N–H and O–H groups in total. The average molecular weight is 310 g/mol. The molecule has 3 aromatic rings. The predicted molar refractivity (Wildman–Crippen MR) is 82.5 cm³/mol. The highest BCUT2D eigenvalue weighted by Gasteiger charge is 2.26. The van der Waals surface area contributed by atoms with E-state index in [0.717, 1.165) is 16.9 Å². The van der Waals surface area contributed by atoms with Gasteiger partial charge in [-0.3, -0.25) is 4.79 Å². The fraction of sp³-hybridized carbons (Fsp3) is 0.235. The molecule has 0 spiro atoms. The van der Waals surface area contributed by atoms with E-state index in [2.05, 4.69) is 15.4 Å². The van der Waals surface area contributed by atoms with Crippen LogP contribution >= 0.6 is 0 Å². The summed E-state index contributed by atoms with van der Waals surface area (Å²) in [4.78, 5) is 16.7. The summed E-state index contributed by atoms with van der Waals surface area (Å²) < 4.78 is 14.5. The Morgan fingerprint density at radius 3 is 2.74 bits per heavy atom. The Morgan fingerprint density at radius 2 is 2.00 bits per heavy atom. The number of amides is 1. The summed E-state index contributed by atoms with van der Waals surface area (Å²) in [6.07, 6.45) is 4.24. The normalized spacial score (nSPS) is 14.1. The Morgan fingerprint density at radius 1 is 1.22 bits per heavy atom. The number of fused-ring (bicyclic) bond motifs is 1. The summed E-state index contributed by atoms with van der Waals surface area (Å²) in [5.74, 6) is -0.0101. The van der Waals surface area contributed by atoms with Crippen molar-refractivity contribution in [1.82, 2.24) is 19.9 Å². The maximum absolute atomic E-state index is 12.9. The van der Waals surface area contributed by atoms with Gasteiger partial charge in [0.25, 0.3) is 5.91 Å². The minimum Gasteiger partial charge on any atom is -0.347 e. The lowest BCUT2D eigenvalue weighted by Gasteiger charge is -2.05. The fourth-order valence-electron chi connectivity index (χ4n) is 2.47. The number of benzene rings is 1. The van der Waals surface area contributed by atoms with Crippen molar-refractivity contribution in [3.8, 4) is 0 Å². The minimum absolute atomic E-state index is 0.266. The number of carbonyl (C=O) groups excluding carboxylic acids is 1. The molecule has 1 fully saturated rings. The number of nitrogens with one attached hydrogen (secondary N) is 1. The molecule has 1 aliphatic carbocycles. The average Bonchev–Trinajstić information content (AvgIpc) is 3.33. The van der Waals surface area contributed by atoms with Gasteiger partial charge in [0.05, 0.1) is 11.9 Å². The number of aromatic nitrogens is 3. The first kappa shape index (κ1) is 13.9. The summed E-state index contributed by atoms with van der Waals surface area (Å²) in [5, 5.41) is 7.10. The molecule has 0 bridgehead atoms. The molecule has 0 unspecified atom stereocenters. The van der Waals surface area contributed by atoms with Gasteiger partial charge in [0.15, 0.2) is 5.65 Å². The molecule has 0 aliphatic heterocycles. The Bertz CT molecular complexity index is 868. The van der Waals surface area contributed by atoms with Gasteiger partial charge in [-0.2, -0.15) is 5.10 Å². The van der Waals surface area contributed by atoms with Crippen molar-refractivity contribution in [2.75, 3.05) is 0 Å². The van der Waals surface area contributed by atoms with Crippen LogP contribution in [0.3, 0.4) is 0 Å². The zero-order valence-electron chi connectivity index (χ0n) is 12.4. The van der Waals surface area contributed by atoms with Gasteiger partial charge < -0.3 is 5.32 Å². The van der Waals surface area contributed by atoms with Crippen LogP contribution < -0.4 is 5.32 Å². The van der Waals surface area contributed by atoms with Crippen molar-refractivity contribution in [3.05, 3.63) is 65.4 Å². The molecular formula is C17H15FN4O. The number of rotatable bonds is 4. The number of halogens is 1. The van der Waals surface area contributed by atoms with Gasteiger partial charge in [0, 0.05) is 12.5 Å². The summed E-state index contributed by atoms with van der Waals surface area (Å²) in [6.45, 7) is 0.329. The summed E-state index contributed by atoms with van der Waals surface area (Å²) in [6, 6.07) is 9.49. The quantitative estimate of drug-likeness (QED) is 0.806. The standard InChI is InChI=1S/C17H15FN4O/c18-13-5-1-11(2-6-13)9-19-17(23)14-7-8-16-20-15(12-3-4-12)10-22(16)21-14/h1-2,5-8,10,12H,3-4,9H2,(H,19,23). The van der Waals surface area contributed by atoms with Crippen LogP contribution in [0.4, 0.5) is 4.39 Å². The molecule has 23 heavy (non-hydrogen) atoms. The highest BCUT2D eigenvalue weighted by Crippen LogP contribution is 2.39. The summed E-state index contributed by atoms with van der Waals surface area (Å²) in [5.41, 5.74) is 2.96. The molecule has 0 radical (unpaired) electrons. The topological polar surface area (TPSA) is 59.3 Å². The van der Waals surface area contributed by atoms with Crippen molar-refractivity contribution < 1.29 is 9.18 Å². The van der Waals surface area contributed by atoms with Gasteiger partial charge in [-0.1, -0.05) is 12.1 Å². The lowest BCUT2D eigenvalue weighted by atomic mass is 10.2. The van der Waals surface area contributed by atoms with Crippen LogP contribution in [0.2, 0.25) is 0 Å². The van der Waals surface area contributed by atoms with E-state index in [9.17, 15) is 9.18 Å². The maximum Gasteiger partial charge on any atom is 0.272 e. The van der Waals surface area contributed by atoms with E-state index in [-0.39, 0.29) is 11.7 Å². The van der Waals surface area contributed by atoms with E-state index in [1.165, 1.54) is 25.0 Å². The molecule has 5 nitrogen and oxygen atoms in total. The van der Waals surface area contributed by atoms with Crippen LogP contribution in [-0.2, 0) is 6.54 Å². The molecule has 2 aromatic heterocycles. The van der Waals surface area contributed by atoms with Crippen LogP contribution in [0.25, 0.3) is 5.65 Å². The molecule has 0 atom stereocenters. The monoisotopic (exact) mass is 310 g/mol. The Labute approximate surface area is 132 Å². The number of nitrogens with zero attached hydrogens (tertiary/aromatic N) is 3. The first-order valence-corrected chi connectivity index (χ1v) is 7.58. The molecule has 1 aromatic carbocycles. The van der Waals surface area contributed by atoms with Crippen LogP contribution in [0.15, 0.2) is 42.6 Å². The molecule has 0 saturated heterocycles. The minimum atomic E-state index is -0.293. The van der Waals surface area contributed by atoms with Crippen LogP contribution in [0, 0.1) is 5.82 Å². The Balaban J connectivity index is 1.48. The number of carbonyl (C=O) groups is 1. The van der Waals surface area contributed by atoms with Gasteiger partial charge >= 0.3 is 0 Å². The SMILES string of the molecule is O=C(NCc1ccc(F)cc1)c1ccc2nc(C3CC3)cn2n1. The predicted octanol–water partition coefficient (Wildman–Crippen LogP) is 2.68. The van der Waals surface area contributed by atoms with Gasteiger partial charge in [-0.15, -0.1) is 0 Å². The van der Waals surface area contributed by atoms with Crippen LogP contribution in [-0.4, -0.2) is 20.5 Å². The van der Waals surface area contributed by atoms with Crippen molar-refractivity contribution in [3.63, 3.8) is 0 Å². The largest absolute Gasteiger partial charge is 0.347 e.